The molecule has 2 heterocycles. The number of hydrogen-bond acceptors (Lipinski definition) is 4. The lowest BCUT2D eigenvalue weighted by molar-refractivity contribution is -0.124. The van der Waals surface area contributed by atoms with Gasteiger partial charge < -0.3 is 4.90 Å². The standard InChI is InChI=1S/C10H13N3O3/c1-13-4-2-6(3-5-13)7-8(14)11-10(16)12-9(7)15/h2-5H2,1H3,(H2,11,12,14,15,16). The van der Waals surface area contributed by atoms with Gasteiger partial charge in [0.05, 0.1) is 0 Å². The van der Waals surface area contributed by atoms with Crippen molar-refractivity contribution >= 4 is 17.8 Å². The highest BCUT2D eigenvalue weighted by molar-refractivity contribution is 6.29. The zero-order valence-corrected chi connectivity index (χ0v) is 9.00. The summed E-state index contributed by atoms with van der Waals surface area (Å²) >= 11 is 0. The van der Waals surface area contributed by atoms with Crippen LogP contribution >= 0.6 is 0 Å². The molecular formula is C10H13N3O3. The highest BCUT2D eigenvalue weighted by Gasteiger charge is 2.31. The van der Waals surface area contributed by atoms with Crippen molar-refractivity contribution in [1.82, 2.24) is 15.5 Å². The molecule has 0 atom stereocenters. The molecular weight excluding hydrogens is 210 g/mol. The van der Waals surface area contributed by atoms with E-state index in [0.29, 0.717) is 12.8 Å². The van der Waals surface area contributed by atoms with Gasteiger partial charge in [-0.2, -0.15) is 0 Å². The molecule has 6 heteroatoms. The van der Waals surface area contributed by atoms with Crippen molar-refractivity contribution < 1.29 is 14.4 Å². The monoisotopic (exact) mass is 223 g/mol. The van der Waals surface area contributed by atoms with Crippen LogP contribution in [-0.2, 0) is 9.59 Å². The molecule has 0 saturated carbocycles. The first-order chi connectivity index (χ1) is 7.58. The lowest BCUT2D eigenvalue weighted by atomic mass is 9.96. The SMILES string of the molecule is CN1CCC(=C2C(=O)NC(=O)NC2=O)CC1. The Bertz CT molecular complexity index is 368. The van der Waals surface area contributed by atoms with E-state index in [2.05, 4.69) is 15.5 Å². The number of rotatable bonds is 0. The van der Waals surface area contributed by atoms with E-state index in [9.17, 15) is 14.4 Å². The van der Waals surface area contributed by atoms with Crippen LogP contribution in [0.15, 0.2) is 11.1 Å². The van der Waals surface area contributed by atoms with Crippen molar-refractivity contribution in [2.75, 3.05) is 20.1 Å². The molecule has 2 rings (SSSR count). The van der Waals surface area contributed by atoms with Crippen LogP contribution in [0.5, 0.6) is 0 Å². The Labute approximate surface area is 92.7 Å². The first kappa shape index (κ1) is 10.8. The molecule has 4 amide bonds. The molecule has 0 spiro atoms. The molecule has 0 aliphatic carbocycles. The van der Waals surface area contributed by atoms with Crippen LogP contribution in [0, 0.1) is 0 Å². The summed E-state index contributed by atoms with van der Waals surface area (Å²) in [6, 6.07) is -0.743. The molecule has 0 unspecified atom stereocenters. The van der Waals surface area contributed by atoms with E-state index in [1.807, 2.05) is 7.05 Å². The zero-order chi connectivity index (χ0) is 11.7. The third kappa shape index (κ3) is 1.96. The van der Waals surface area contributed by atoms with E-state index in [4.69, 9.17) is 0 Å². The van der Waals surface area contributed by atoms with Crippen LogP contribution in [0.4, 0.5) is 4.79 Å². The minimum atomic E-state index is -0.743. The van der Waals surface area contributed by atoms with Gasteiger partial charge in [0.1, 0.15) is 5.57 Å². The molecule has 2 aliphatic rings. The van der Waals surface area contributed by atoms with E-state index in [1.54, 1.807) is 0 Å². The molecule has 0 aromatic rings. The lowest BCUT2D eigenvalue weighted by Gasteiger charge is -2.26. The summed E-state index contributed by atoms with van der Waals surface area (Å²) in [7, 11) is 1.99. The molecule has 0 radical (unpaired) electrons. The van der Waals surface area contributed by atoms with Gasteiger partial charge in [-0.25, -0.2) is 4.79 Å². The summed E-state index contributed by atoms with van der Waals surface area (Å²) in [5.74, 6) is -1.15. The van der Waals surface area contributed by atoms with E-state index in [-0.39, 0.29) is 5.57 Å². The van der Waals surface area contributed by atoms with E-state index < -0.39 is 17.8 Å². The van der Waals surface area contributed by atoms with Crippen LogP contribution < -0.4 is 10.6 Å². The van der Waals surface area contributed by atoms with Crippen LogP contribution in [0.1, 0.15) is 12.8 Å². The fourth-order valence-corrected chi connectivity index (χ4v) is 1.93. The van der Waals surface area contributed by atoms with Gasteiger partial charge >= 0.3 is 6.03 Å². The smallest absolute Gasteiger partial charge is 0.306 e. The molecule has 2 fully saturated rings. The van der Waals surface area contributed by atoms with E-state index in [0.717, 1.165) is 18.7 Å². The largest absolute Gasteiger partial charge is 0.328 e. The fourth-order valence-electron chi connectivity index (χ4n) is 1.93. The number of nitrogens with zero attached hydrogens (tertiary/aromatic N) is 1. The average Bonchev–Trinajstić information content (AvgIpc) is 2.19. The van der Waals surface area contributed by atoms with Gasteiger partial charge in [0.25, 0.3) is 11.8 Å². The van der Waals surface area contributed by atoms with E-state index >= 15 is 0 Å². The minimum Gasteiger partial charge on any atom is -0.306 e. The number of barbiturate groups is 1. The van der Waals surface area contributed by atoms with Gasteiger partial charge in [-0.15, -0.1) is 0 Å². The van der Waals surface area contributed by atoms with Crippen molar-refractivity contribution in [2.45, 2.75) is 12.8 Å². The number of likely N-dealkylation sites (tertiary alicyclic amines) is 1. The number of carbonyl (C=O) groups excluding carboxylic acids is 3. The second kappa shape index (κ2) is 4.05. The second-order valence-corrected chi connectivity index (χ2v) is 4.02. The maximum absolute atomic E-state index is 11.5. The maximum atomic E-state index is 11.5. The van der Waals surface area contributed by atoms with Crippen molar-refractivity contribution in [3.8, 4) is 0 Å². The first-order valence-electron chi connectivity index (χ1n) is 5.15. The molecule has 6 nitrogen and oxygen atoms in total. The molecule has 2 saturated heterocycles. The Morgan fingerprint density at radius 3 is 2.00 bits per heavy atom. The van der Waals surface area contributed by atoms with Crippen molar-refractivity contribution in [2.24, 2.45) is 0 Å². The number of nitrogens with one attached hydrogen (secondary N) is 2. The van der Waals surface area contributed by atoms with Gasteiger partial charge in [0.2, 0.25) is 0 Å². The quantitative estimate of drug-likeness (QED) is 0.423. The topological polar surface area (TPSA) is 78.5 Å². The van der Waals surface area contributed by atoms with Crippen LogP contribution in [0.25, 0.3) is 0 Å². The Balaban J connectivity index is 2.24. The van der Waals surface area contributed by atoms with Gasteiger partial charge in [-0.1, -0.05) is 0 Å². The zero-order valence-electron chi connectivity index (χ0n) is 9.00. The molecule has 16 heavy (non-hydrogen) atoms. The number of piperidine rings is 1. The Kier molecular flexibility index (Phi) is 2.74. The molecule has 0 aromatic heterocycles. The predicted molar refractivity (Wildman–Crippen MR) is 55.4 cm³/mol. The third-order valence-corrected chi connectivity index (χ3v) is 2.85. The van der Waals surface area contributed by atoms with Crippen molar-refractivity contribution in [1.29, 1.82) is 0 Å². The summed E-state index contributed by atoms with van der Waals surface area (Å²) in [6.07, 6.45) is 1.39. The highest BCUT2D eigenvalue weighted by Crippen LogP contribution is 2.20. The van der Waals surface area contributed by atoms with Gasteiger partial charge in [0.15, 0.2) is 0 Å². The van der Waals surface area contributed by atoms with Crippen LogP contribution in [0.2, 0.25) is 0 Å². The highest BCUT2D eigenvalue weighted by atomic mass is 16.2. The first-order valence-corrected chi connectivity index (χ1v) is 5.15. The summed E-state index contributed by atoms with van der Waals surface area (Å²) in [5.41, 5.74) is 0.952. The molecule has 86 valence electrons. The fraction of sp³-hybridized carbons (Fsp3) is 0.500. The van der Waals surface area contributed by atoms with Crippen LogP contribution in [0.3, 0.4) is 0 Å². The molecule has 0 aromatic carbocycles. The third-order valence-electron chi connectivity index (χ3n) is 2.85. The van der Waals surface area contributed by atoms with Gasteiger partial charge in [-0.05, 0) is 25.5 Å². The Morgan fingerprint density at radius 1 is 1.00 bits per heavy atom. The molecule has 0 bridgehead atoms. The summed E-state index contributed by atoms with van der Waals surface area (Å²) in [4.78, 5) is 36.1. The summed E-state index contributed by atoms with van der Waals surface area (Å²) in [6.45, 7) is 1.65. The van der Waals surface area contributed by atoms with Gasteiger partial charge in [-0.3, -0.25) is 20.2 Å². The van der Waals surface area contributed by atoms with Gasteiger partial charge in [0, 0.05) is 13.1 Å². The van der Waals surface area contributed by atoms with Crippen molar-refractivity contribution in [3.63, 3.8) is 0 Å². The number of carbonyl (C=O) groups is 3. The lowest BCUT2D eigenvalue weighted by Crippen LogP contribution is -2.52. The maximum Gasteiger partial charge on any atom is 0.328 e. The summed E-state index contributed by atoms with van der Waals surface area (Å²) < 4.78 is 0. The average molecular weight is 223 g/mol. The number of urea groups is 1. The molecule has 2 aliphatic heterocycles. The molecule has 2 N–H and O–H groups in total. The minimum absolute atomic E-state index is 0.118. The summed E-state index contributed by atoms with van der Waals surface area (Å²) in [5, 5.41) is 4.17. The Hall–Kier alpha value is -1.69. The predicted octanol–water partition coefficient (Wildman–Crippen LogP) is -0.625. The normalized spacial score (nSPS) is 23.2. The number of amides is 4. The van der Waals surface area contributed by atoms with Crippen LogP contribution in [-0.4, -0.2) is 42.9 Å². The number of hydrogen-bond donors (Lipinski definition) is 2. The second-order valence-electron chi connectivity index (χ2n) is 4.02. The number of imide groups is 2. The van der Waals surface area contributed by atoms with Crippen molar-refractivity contribution in [3.05, 3.63) is 11.1 Å². The van der Waals surface area contributed by atoms with E-state index in [1.165, 1.54) is 0 Å². The Morgan fingerprint density at radius 2 is 1.50 bits per heavy atom.